The molecular weight excluding hydrogens is 388 g/mol. The molecule has 4 amide bonds. The van der Waals surface area contributed by atoms with Crippen LogP contribution >= 0.6 is 0 Å². The van der Waals surface area contributed by atoms with Crippen molar-refractivity contribution in [1.29, 1.82) is 0 Å². The predicted molar refractivity (Wildman–Crippen MR) is 115 cm³/mol. The average molecular weight is 421 g/mol. The van der Waals surface area contributed by atoms with E-state index in [-0.39, 0.29) is 24.5 Å². The number of alkyl carbamates (subject to hydrolysis) is 1. The number of rotatable bonds is 8. The standard InChI is InChI=1S/C21H32N4O5/c1-21(2,3)30-20(28)22-12-4-7-18(26)24-15-8-10-16(11-9-15)25-19(27)23-14-17-6-5-13-29-17/h8-11,17H,4-7,12-14H2,1-3H3,(H,22,28)(H,24,26)(H2,23,25,27). The second-order valence-electron chi connectivity index (χ2n) is 8.13. The van der Waals surface area contributed by atoms with Crippen LogP contribution in [0.25, 0.3) is 0 Å². The quantitative estimate of drug-likeness (QED) is 0.482. The molecule has 0 bridgehead atoms. The molecular formula is C21H32N4O5. The van der Waals surface area contributed by atoms with Gasteiger partial charge in [0.2, 0.25) is 5.91 Å². The van der Waals surface area contributed by atoms with Crippen LogP contribution in [0.15, 0.2) is 24.3 Å². The number of anilines is 2. The molecule has 1 aliphatic rings. The number of carbonyl (C=O) groups is 3. The van der Waals surface area contributed by atoms with Gasteiger partial charge in [0.05, 0.1) is 6.10 Å². The Morgan fingerprint density at radius 3 is 2.33 bits per heavy atom. The van der Waals surface area contributed by atoms with Crippen LogP contribution < -0.4 is 21.3 Å². The molecule has 30 heavy (non-hydrogen) atoms. The lowest BCUT2D eigenvalue weighted by molar-refractivity contribution is -0.116. The Balaban J connectivity index is 1.62. The normalized spacial score (nSPS) is 15.9. The SMILES string of the molecule is CC(C)(C)OC(=O)NCCCC(=O)Nc1ccc(NC(=O)NCC2CCCO2)cc1. The Kier molecular flexibility index (Phi) is 8.91. The van der Waals surface area contributed by atoms with E-state index >= 15 is 0 Å². The van der Waals surface area contributed by atoms with E-state index in [0.29, 0.717) is 30.9 Å². The molecule has 166 valence electrons. The zero-order valence-electron chi connectivity index (χ0n) is 17.9. The van der Waals surface area contributed by atoms with Crippen molar-refractivity contribution in [2.45, 2.75) is 58.2 Å². The van der Waals surface area contributed by atoms with Crippen molar-refractivity contribution >= 4 is 29.4 Å². The van der Waals surface area contributed by atoms with Gasteiger partial charge in [-0.1, -0.05) is 0 Å². The van der Waals surface area contributed by atoms with Crippen LogP contribution in [-0.4, -0.2) is 49.4 Å². The molecule has 1 heterocycles. The Hall–Kier alpha value is -2.81. The molecule has 1 aliphatic heterocycles. The first kappa shape index (κ1) is 23.5. The van der Waals surface area contributed by atoms with E-state index in [1.807, 2.05) is 0 Å². The van der Waals surface area contributed by atoms with Gasteiger partial charge in [-0.15, -0.1) is 0 Å². The Bertz CT molecular complexity index is 709. The minimum Gasteiger partial charge on any atom is -0.444 e. The first-order chi connectivity index (χ1) is 14.2. The van der Waals surface area contributed by atoms with E-state index in [1.54, 1.807) is 45.0 Å². The first-order valence-electron chi connectivity index (χ1n) is 10.2. The summed E-state index contributed by atoms with van der Waals surface area (Å²) in [7, 11) is 0. The number of amides is 4. The summed E-state index contributed by atoms with van der Waals surface area (Å²) in [5.74, 6) is -0.156. The topological polar surface area (TPSA) is 118 Å². The Morgan fingerprint density at radius 1 is 1.07 bits per heavy atom. The fourth-order valence-corrected chi connectivity index (χ4v) is 2.80. The Morgan fingerprint density at radius 2 is 1.73 bits per heavy atom. The summed E-state index contributed by atoms with van der Waals surface area (Å²) in [6.07, 6.45) is 2.35. The molecule has 1 saturated heterocycles. The van der Waals surface area contributed by atoms with Crippen LogP contribution in [0.2, 0.25) is 0 Å². The van der Waals surface area contributed by atoms with Gasteiger partial charge in [-0.05, 0) is 64.3 Å². The first-order valence-corrected chi connectivity index (χ1v) is 10.2. The molecule has 2 rings (SSSR count). The third kappa shape index (κ3) is 9.60. The smallest absolute Gasteiger partial charge is 0.407 e. The molecule has 1 aromatic carbocycles. The molecule has 4 N–H and O–H groups in total. The summed E-state index contributed by atoms with van der Waals surface area (Å²) in [6, 6.07) is 6.56. The maximum atomic E-state index is 12.0. The lowest BCUT2D eigenvalue weighted by Gasteiger charge is -2.19. The second-order valence-corrected chi connectivity index (χ2v) is 8.13. The maximum Gasteiger partial charge on any atom is 0.407 e. The maximum absolute atomic E-state index is 12.0. The number of urea groups is 1. The van der Waals surface area contributed by atoms with Crippen molar-refractivity contribution in [3.05, 3.63) is 24.3 Å². The van der Waals surface area contributed by atoms with Gasteiger partial charge < -0.3 is 30.7 Å². The summed E-state index contributed by atoms with van der Waals surface area (Å²) in [6.45, 7) is 6.96. The molecule has 0 radical (unpaired) electrons. The van der Waals surface area contributed by atoms with Gasteiger partial charge in [-0.3, -0.25) is 4.79 Å². The van der Waals surface area contributed by atoms with E-state index < -0.39 is 11.7 Å². The minimum absolute atomic E-state index is 0.0904. The van der Waals surface area contributed by atoms with E-state index in [1.165, 1.54) is 0 Å². The molecule has 0 spiro atoms. The molecule has 1 fully saturated rings. The average Bonchev–Trinajstić information content (AvgIpc) is 3.17. The van der Waals surface area contributed by atoms with Crippen LogP contribution in [0.4, 0.5) is 21.0 Å². The summed E-state index contributed by atoms with van der Waals surface area (Å²) < 4.78 is 10.6. The number of carbonyl (C=O) groups excluding carboxylic acids is 3. The summed E-state index contributed by atoms with van der Waals surface area (Å²) in [5.41, 5.74) is 0.706. The van der Waals surface area contributed by atoms with Crippen LogP contribution in [0.3, 0.4) is 0 Å². The molecule has 0 saturated carbocycles. The highest BCUT2D eigenvalue weighted by atomic mass is 16.6. The van der Waals surface area contributed by atoms with E-state index in [2.05, 4.69) is 21.3 Å². The largest absolute Gasteiger partial charge is 0.444 e. The van der Waals surface area contributed by atoms with Gasteiger partial charge in [-0.25, -0.2) is 9.59 Å². The number of hydrogen-bond acceptors (Lipinski definition) is 5. The van der Waals surface area contributed by atoms with Gasteiger partial charge in [0.15, 0.2) is 0 Å². The van der Waals surface area contributed by atoms with Crippen molar-refractivity contribution in [1.82, 2.24) is 10.6 Å². The van der Waals surface area contributed by atoms with Crippen molar-refractivity contribution in [3.63, 3.8) is 0 Å². The highest BCUT2D eigenvalue weighted by molar-refractivity contribution is 5.92. The number of hydrogen-bond donors (Lipinski definition) is 4. The zero-order chi connectivity index (χ0) is 22.0. The highest BCUT2D eigenvalue weighted by Gasteiger charge is 2.16. The summed E-state index contributed by atoms with van der Waals surface area (Å²) in [4.78, 5) is 35.5. The molecule has 0 aliphatic carbocycles. The van der Waals surface area contributed by atoms with Gasteiger partial charge in [0.25, 0.3) is 0 Å². The third-order valence-electron chi connectivity index (χ3n) is 4.19. The lowest BCUT2D eigenvalue weighted by atomic mass is 10.2. The van der Waals surface area contributed by atoms with Crippen molar-refractivity contribution < 1.29 is 23.9 Å². The molecule has 9 heteroatoms. The monoisotopic (exact) mass is 420 g/mol. The summed E-state index contributed by atoms with van der Waals surface area (Å²) >= 11 is 0. The van der Waals surface area contributed by atoms with Crippen molar-refractivity contribution in [2.24, 2.45) is 0 Å². The molecule has 9 nitrogen and oxygen atoms in total. The van der Waals surface area contributed by atoms with Crippen molar-refractivity contribution in [2.75, 3.05) is 30.3 Å². The van der Waals surface area contributed by atoms with E-state index in [4.69, 9.17) is 9.47 Å². The highest BCUT2D eigenvalue weighted by Crippen LogP contribution is 2.14. The molecule has 1 unspecified atom stereocenters. The molecule has 0 aromatic heterocycles. The Labute approximate surface area is 177 Å². The van der Waals surface area contributed by atoms with E-state index in [9.17, 15) is 14.4 Å². The number of ether oxygens (including phenoxy) is 2. The van der Waals surface area contributed by atoms with E-state index in [0.717, 1.165) is 19.4 Å². The third-order valence-corrected chi connectivity index (χ3v) is 4.19. The second kappa shape index (κ2) is 11.4. The minimum atomic E-state index is -0.548. The van der Waals surface area contributed by atoms with Crippen LogP contribution in [0, 0.1) is 0 Å². The van der Waals surface area contributed by atoms with Crippen molar-refractivity contribution in [3.8, 4) is 0 Å². The van der Waals surface area contributed by atoms with Gasteiger partial charge in [-0.2, -0.15) is 0 Å². The fourth-order valence-electron chi connectivity index (χ4n) is 2.80. The van der Waals surface area contributed by atoms with Gasteiger partial charge in [0, 0.05) is 37.5 Å². The predicted octanol–water partition coefficient (Wildman–Crippen LogP) is 3.23. The zero-order valence-corrected chi connectivity index (χ0v) is 17.9. The lowest BCUT2D eigenvalue weighted by Crippen LogP contribution is -2.35. The number of nitrogens with one attached hydrogen (secondary N) is 4. The molecule has 1 atom stereocenters. The van der Waals surface area contributed by atoms with Crippen LogP contribution in [0.1, 0.15) is 46.5 Å². The number of benzene rings is 1. The van der Waals surface area contributed by atoms with Crippen LogP contribution in [-0.2, 0) is 14.3 Å². The molecule has 1 aromatic rings. The summed E-state index contributed by atoms with van der Waals surface area (Å²) in [5, 5.41) is 10.9. The fraction of sp³-hybridized carbons (Fsp3) is 0.571. The van der Waals surface area contributed by atoms with Crippen LogP contribution in [0.5, 0.6) is 0 Å². The van der Waals surface area contributed by atoms with Gasteiger partial charge >= 0.3 is 12.1 Å². The van der Waals surface area contributed by atoms with Gasteiger partial charge in [0.1, 0.15) is 5.60 Å².